The van der Waals surface area contributed by atoms with Crippen LogP contribution in [0.3, 0.4) is 0 Å². The van der Waals surface area contributed by atoms with Crippen molar-refractivity contribution in [3.8, 4) is 0 Å². The first kappa shape index (κ1) is 12.0. The molecule has 0 spiro atoms. The van der Waals surface area contributed by atoms with Gasteiger partial charge in [-0.2, -0.15) is 0 Å². The van der Waals surface area contributed by atoms with Crippen LogP contribution in [0.4, 0.5) is 8.78 Å². The summed E-state index contributed by atoms with van der Waals surface area (Å²) in [6, 6.07) is 1.65. The van der Waals surface area contributed by atoms with Crippen molar-refractivity contribution in [3.63, 3.8) is 0 Å². The van der Waals surface area contributed by atoms with Gasteiger partial charge in [-0.15, -0.1) is 11.3 Å². The molecule has 0 bridgehead atoms. The van der Waals surface area contributed by atoms with E-state index in [0.29, 0.717) is 9.35 Å². The van der Waals surface area contributed by atoms with E-state index in [2.05, 4.69) is 15.9 Å². The Morgan fingerprint density at radius 3 is 2.57 bits per heavy atom. The minimum atomic E-state index is -3.33. The van der Waals surface area contributed by atoms with Crippen molar-refractivity contribution in [3.05, 3.63) is 20.8 Å². The molecular weight excluding hydrogens is 276 g/mol. The summed E-state index contributed by atoms with van der Waals surface area (Å²) in [6.45, 7) is -0.0514. The molecule has 0 saturated heterocycles. The van der Waals surface area contributed by atoms with Gasteiger partial charge in [0.1, 0.15) is 12.1 Å². The van der Waals surface area contributed by atoms with Crippen molar-refractivity contribution in [1.82, 2.24) is 0 Å². The predicted octanol–water partition coefficient (Wildman–Crippen LogP) is 2.31. The summed E-state index contributed by atoms with van der Waals surface area (Å²) in [4.78, 5) is 0.330. The smallest absolute Gasteiger partial charge is 0.292 e. The highest BCUT2D eigenvalue weighted by Gasteiger charge is 2.49. The molecule has 0 unspecified atom stereocenters. The molecule has 0 aliphatic heterocycles. The molecule has 0 fully saturated rings. The highest BCUT2D eigenvalue weighted by atomic mass is 79.9. The van der Waals surface area contributed by atoms with Crippen LogP contribution in [-0.2, 0) is 5.54 Å². The van der Waals surface area contributed by atoms with Crippen LogP contribution in [-0.4, -0.2) is 17.6 Å². The van der Waals surface area contributed by atoms with Gasteiger partial charge in [0, 0.05) is 9.35 Å². The second-order valence-electron chi connectivity index (χ2n) is 3.16. The molecule has 6 heteroatoms. The molecule has 14 heavy (non-hydrogen) atoms. The van der Waals surface area contributed by atoms with E-state index in [4.69, 9.17) is 10.8 Å². The highest BCUT2D eigenvalue weighted by molar-refractivity contribution is 9.10. The quantitative estimate of drug-likeness (QED) is 0.895. The molecule has 0 aliphatic rings. The van der Waals surface area contributed by atoms with Gasteiger partial charge in [-0.25, -0.2) is 8.78 Å². The summed E-state index contributed by atoms with van der Waals surface area (Å²) < 4.78 is 27.1. The molecule has 1 aromatic rings. The van der Waals surface area contributed by atoms with E-state index in [0.717, 1.165) is 11.3 Å². The third kappa shape index (κ3) is 1.84. The average Bonchev–Trinajstić information content (AvgIpc) is 2.51. The van der Waals surface area contributed by atoms with Crippen LogP contribution in [0.1, 0.15) is 11.8 Å². The number of aliphatic hydroxyl groups excluding tert-OH is 1. The zero-order chi connectivity index (χ0) is 11.0. The van der Waals surface area contributed by atoms with Crippen LogP contribution < -0.4 is 5.73 Å². The van der Waals surface area contributed by atoms with Gasteiger partial charge in [0.05, 0.1) is 0 Å². The molecule has 1 atom stereocenters. The van der Waals surface area contributed by atoms with Crippen LogP contribution in [0, 0.1) is 0 Å². The Kier molecular flexibility index (Phi) is 3.30. The normalized spacial score (nSPS) is 16.7. The molecule has 0 aromatic carbocycles. The number of rotatable bonds is 3. The van der Waals surface area contributed by atoms with Crippen molar-refractivity contribution in [2.75, 3.05) is 6.61 Å². The van der Waals surface area contributed by atoms with E-state index in [9.17, 15) is 8.78 Å². The molecule has 3 N–H and O–H groups in total. The molecule has 80 valence electrons. The molecule has 0 saturated carbocycles. The zero-order valence-corrected chi connectivity index (χ0v) is 9.83. The van der Waals surface area contributed by atoms with Crippen LogP contribution in [0.2, 0.25) is 0 Å². The molecule has 1 aromatic heterocycles. The maximum Gasteiger partial charge on any atom is 0.292 e. The summed E-state index contributed by atoms with van der Waals surface area (Å²) in [7, 11) is 0. The summed E-state index contributed by atoms with van der Waals surface area (Å²) >= 11 is 4.27. The van der Waals surface area contributed by atoms with Crippen molar-refractivity contribution in [1.29, 1.82) is 0 Å². The van der Waals surface area contributed by atoms with Crippen molar-refractivity contribution < 1.29 is 13.9 Å². The fraction of sp³-hybridized carbons (Fsp3) is 0.500. The number of nitrogens with two attached hydrogens (primary N) is 1. The first-order chi connectivity index (χ1) is 6.33. The topological polar surface area (TPSA) is 46.2 Å². The highest BCUT2D eigenvalue weighted by Crippen LogP contribution is 2.40. The van der Waals surface area contributed by atoms with E-state index < -0.39 is 18.1 Å². The summed E-state index contributed by atoms with van der Waals surface area (Å²) in [5.41, 5.74) is 3.69. The van der Waals surface area contributed by atoms with Crippen molar-refractivity contribution in [2.24, 2.45) is 5.73 Å². The number of hydrogen-bond donors (Lipinski definition) is 2. The Bertz CT molecular complexity index is 327. The largest absolute Gasteiger partial charge is 0.390 e. The molecule has 1 heterocycles. The standard InChI is InChI=1S/C8H10BrF2NOS/c1-7(12,8(10,11)4-13)6-5(9)2-3-14-6/h2-3,13H,4,12H2,1H3/t7-/m1/s1. The van der Waals surface area contributed by atoms with Crippen molar-refractivity contribution >= 4 is 27.3 Å². The lowest BCUT2D eigenvalue weighted by Crippen LogP contribution is -2.52. The van der Waals surface area contributed by atoms with E-state index in [1.54, 1.807) is 11.4 Å². The predicted molar refractivity (Wildman–Crippen MR) is 55.6 cm³/mol. The SMILES string of the molecule is C[C@@](N)(c1sccc1Br)C(F)(F)CO. The van der Waals surface area contributed by atoms with Gasteiger partial charge in [0.25, 0.3) is 5.92 Å². The maximum absolute atomic E-state index is 13.3. The number of aliphatic hydroxyl groups is 1. The van der Waals surface area contributed by atoms with Gasteiger partial charge in [-0.05, 0) is 34.3 Å². The second-order valence-corrected chi connectivity index (χ2v) is 4.93. The van der Waals surface area contributed by atoms with E-state index in [1.807, 2.05) is 0 Å². The van der Waals surface area contributed by atoms with Gasteiger partial charge in [-0.3, -0.25) is 0 Å². The third-order valence-corrected chi connectivity index (χ3v) is 4.12. The number of hydrogen-bond acceptors (Lipinski definition) is 3. The lowest BCUT2D eigenvalue weighted by Gasteiger charge is -2.31. The van der Waals surface area contributed by atoms with E-state index in [1.165, 1.54) is 6.92 Å². The molecule has 1 rings (SSSR count). The molecule has 0 radical (unpaired) electrons. The Hall–Kier alpha value is -0.0400. The zero-order valence-electron chi connectivity index (χ0n) is 7.43. The monoisotopic (exact) mass is 285 g/mol. The Morgan fingerprint density at radius 1 is 1.64 bits per heavy atom. The summed E-state index contributed by atoms with van der Waals surface area (Å²) in [5.74, 6) is -3.33. The first-order valence-corrected chi connectivity index (χ1v) is 5.51. The molecule has 0 amide bonds. The molecule has 2 nitrogen and oxygen atoms in total. The number of halogens is 3. The average molecular weight is 286 g/mol. The lowest BCUT2D eigenvalue weighted by molar-refractivity contribution is -0.107. The van der Waals surface area contributed by atoms with E-state index in [-0.39, 0.29) is 0 Å². The van der Waals surface area contributed by atoms with Crippen LogP contribution in [0.25, 0.3) is 0 Å². The Morgan fingerprint density at radius 2 is 2.21 bits per heavy atom. The lowest BCUT2D eigenvalue weighted by atomic mass is 9.93. The fourth-order valence-corrected chi connectivity index (χ4v) is 2.91. The van der Waals surface area contributed by atoms with Crippen LogP contribution in [0.15, 0.2) is 15.9 Å². The summed E-state index contributed by atoms with van der Waals surface area (Å²) in [6.07, 6.45) is 0. The first-order valence-electron chi connectivity index (χ1n) is 3.84. The van der Waals surface area contributed by atoms with Gasteiger partial charge in [-0.1, -0.05) is 0 Å². The Labute approximate surface area is 92.9 Å². The van der Waals surface area contributed by atoms with Gasteiger partial charge in [0.15, 0.2) is 0 Å². The van der Waals surface area contributed by atoms with Crippen LogP contribution in [0.5, 0.6) is 0 Å². The van der Waals surface area contributed by atoms with Gasteiger partial charge in [0.2, 0.25) is 0 Å². The van der Waals surface area contributed by atoms with E-state index >= 15 is 0 Å². The maximum atomic E-state index is 13.3. The van der Waals surface area contributed by atoms with Gasteiger partial charge >= 0.3 is 0 Å². The third-order valence-electron chi connectivity index (χ3n) is 2.05. The van der Waals surface area contributed by atoms with Gasteiger partial charge < -0.3 is 10.8 Å². The molecule has 0 aliphatic carbocycles. The summed E-state index contributed by atoms with van der Waals surface area (Å²) in [5, 5.41) is 10.2. The van der Waals surface area contributed by atoms with Crippen molar-refractivity contribution in [2.45, 2.75) is 18.4 Å². The second kappa shape index (κ2) is 3.84. The number of alkyl halides is 2. The van der Waals surface area contributed by atoms with Crippen LogP contribution >= 0.6 is 27.3 Å². The minimum absolute atomic E-state index is 0.330. The Balaban J connectivity index is 3.14. The number of thiophene rings is 1. The fourth-order valence-electron chi connectivity index (χ4n) is 0.995. The molecular formula is C8H10BrF2NOS. The minimum Gasteiger partial charge on any atom is -0.390 e.